The van der Waals surface area contributed by atoms with Crippen LogP contribution in [-0.4, -0.2) is 40.3 Å². The third-order valence-corrected chi connectivity index (χ3v) is 6.75. The summed E-state index contributed by atoms with van der Waals surface area (Å²) in [5, 5.41) is 10.9. The third kappa shape index (κ3) is 3.50. The summed E-state index contributed by atoms with van der Waals surface area (Å²) in [6.45, 7) is 8.11. The van der Waals surface area contributed by atoms with Crippen molar-refractivity contribution < 1.29 is 14.3 Å². The van der Waals surface area contributed by atoms with Gasteiger partial charge < -0.3 is 15.4 Å². The lowest BCUT2D eigenvalue weighted by atomic mass is 9.83. The Morgan fingerprint density at radius 2 is 2.10 bits per heavy atom. The fourth-order valence-electron chi connectivity index (χ4n) is 5.71. The molecule has 2 fully saturated rings. The number of aromatic nitrogens is 2. The summed E-state index contributed by atoms with van der Waals surface area (Å²) < 4.78 is 7.22. The van der Waals surface area contributed by atoms with E-state index in [1.807, 2.05) is 4.68 Å². The average molecular weight is 401 g/mol. The molecular formula is C22H32N4O3. The molecule has 1 heterocycles. The van der Waals surface area contributed by atoms with Crippen LogP contribution >= 0.6 is 0 Å². The summed E-state index contributed by atoms with van der Waals surface area (Å²) in [6.07, 6.45) is 7.68. The molecular weight excluding hydrogens is 368 g/mol. The van der Waals surface area contributed by atoms with E-state index in [4.69, 9.17) is 4.74 Å². The molecule has 0 aromatic carbocycles. The van der Waals surface area contributed by atoms with Crippen LogP contribution in [0.5, 0.6) is 0 Å². The Bertz CT molecular complexity index is 866. The van der Waals surface area contributed by atoms with E-state index >= 15 is 0 Å². The highest BCUT2D eigenvalue weighted by Crippen LogP contribution is 2.56. The first-order chi connectivity index (χ1) is 13.6. The van der Waals surface area contributed by atoms with E-state index in [0.29, 0.717) is 24.0 Å². The molecule has 1 aromatic rings. The molecule has 3 aliphatic carbocycles. The van der Waals surface area contributed by atoms with Crippen molar-refractivity contribution in [2.24, 2.45) is 11.8 Å². The zero-order chi connectivity index (χ0) is 21.0. The molecule has 4 atom stereocenters. The van der Waals surface area contributed by atoms with Crippen molar-refractivity contribution in [3.63, 3.8) is 0 Å². The molecule has 3 aliphatic rings. The number of carbonyl (C=O) groups is 2. The predicted octanol–water partition coefficient (Wildman–Crippen LogP) is 2.52. The average Bonchev–Trinajstić information content (AvgIpc) is 3.24. The normalized spacial score (nSPS) is 30.2. The maximum absolute atomic E-state index is 13.2. The van der Waals surface area contributed by atoms with Crippen LogP contribution in [0.1, 0.15) is 69.4 Å². The summed E-state index contributed by atoms with van der Waals surface area (Å²) in [6, 6.07) is 0.100. The summed E-state index contributed by atoms with van der Waals surface area (Å²) >= 11 is 0. The van der Waals surface area contributed by atoms with Crippen molar-refractivity contribution in [2.45, 2.75) is 77.1 Å². The van der Waals surface area contributed by atoms with Gasteiger partial charge in [0.05, 0.1) is 29.6 Å². The van der Waals surface area contributed by atoms with Crippen molar-refractivity contribution in [1.29, 1.82) is 0 Å². The van der Waals surface area contributed by atoms with E-state index in [0.717, 1.165) is 31.4 Å². The van der Waals surface area contributed by atoms with Gasteiger partial charge in [-0.25, -0.2) is 0 Å². The van der Waals surface area contributed by atoms with Gasteiger partial charge in [0.1, 0.15) is 0 Å². The van der Waals surface area contributed by atoms with Gasteiger partial charge in [-0.05, 0) is 58.3 Å². The monoisotopic (exact) mass is 400 g/mol. The number of amides is 2. The molecule has 2 N–H and O–H groups in total. The van der Waals surface area contributed by atoms with Crippen LogP contribution < -0.4 is 10.6 Å². The predicted molar refractivity (Wildman–Crippen MR) is 109 cm³/mol. The molecule has 0 aliphatic heterocycles. The molecule has 158 valence electrons. The van der Waals surface area contributed by atoms with Gasteiger partial charge in [-0.1, -0.05) is 11.6 Å². The number of carbonyl (C=O) groups excluding carboxylic acids is 2. The fraction of sp³-hybridized carbons (Fsp3) is 0.682. The minimum absolute atomic E-state index is 0.0289. The van der Waals surface area contributed by atoms with Crippen LogP contribution in [0.4, 0.5) is 0 Å². The SMILES string of the molecule is COCc1c(C(=O)NC2CC3=CCC4(NC(C)=O)CC3C2C4)cnn1C(C)(C)C. The van der Waals surface area contributed by atoms with Gasteiger partial charge in [-0.15, -0.1) is 0 Å². The summed E-state index contributed by atoms with van der Waals surface area (Å²) in [4.78, 5) is 24.9. The highest BCUT2D eigenvalue weighted by atomic mass is 16.5. The van der Waals surface area contributed by atoms with E-state index in [1.54, 1.807) is 20.2 Å². The summed E-state index contributed by atoms with van der Waals surface area (Å²) in [7, 11) is 1.63. The zero-order valence-corrected chi connectivity index (χ0v) is 18.0. The van der Waals surface area contributed by atoms with Gasteiger partial charge in [0.15, 0.2) is 0 Å². The lowest BCUT2D eigenvalue weighted by Crippen LogP contribution is -2.48. The quantitative estimate of drug-likeness (QED) is 0.744. The van der Waals surface area contributed by atoms with Crippen molar-refractivity contribution >= 4 is 11.8 Å². The Morgan fingerprint density at radius 1 is 1.34 bits per heavy atom. The van der Waals surface area contributed by atoms with Gasteiger partial charge in [0.2, 0.25) is 5.91 Å². The second-order valence-corrected chi connectivity index (χ2v) is 9.93. The molecule has 1 aromatic heterocycles. The lowest BCUT2D eigenvalue weighted by molar-refractivity contribution is -0.120. The standard InChI is InChI=1S/C22H32N4O3/c1-13(27)25-22-7-6-14-8-18(16(10-22)15(14)9-22)24-20(28)17-11-23-26(21(2,3)4)19(17)12-29-5/h6,11,15-16,18H,7-10,12H2,1-5H3,(H,24,28)(H,25,27). The maximum atomic E-state index is 13.2. The molecule has 0 spiro atoms. The molecule has 0 radical (unpaired) electrons. The highest BCUT2D eigenvalue weighted by Gasteiger charge is 2.55. The number of fused-ring (bicyclic) bond motifs is 1. The van der Waals surface area contributed by atoms with Crippen molar-refractivity contribution in [2.75, 3.05) is 7.11 Å². The van der Waals surface area contributed by atoms with E-state index in [1.165, 1.54) is 5.57 Å². The largest absolute Gasteiger partial charge is 0.378 e. The van der Waals surface area contributed by atoms with E-state index < -0.39 is 0 Å². The van der Waals surface area contributed by atoms with Gasteiger partial charge >= 0.3 is 0 Å². The van der Waals surface area contributed by atoms with Gasteiger partial charge in [-0.3, -0.25) is 14.3 Å². The van der Waals surface area contributed by atoms with Gasteiger partial charge in [0, 0.05) is 25.6 Å². The van der Waals surface area contributed by atoms with Crippen LogP contribution in [0.3, 0.4) is 0 Å². The molecule has 7 nitrogen and oxygen atoms in total. The Balaban J connectivity index is 1.54. The number of ether oxygens (including phenoxy) is 1. The summed E-state index contributed by atoms with van der Waals surface area (Å²) in [5.41, 5.74) is 2.46. The molecule has 2 saturated carbocycles. The smallest absolute Gasteiger partial charge is 0.255 e. The highest BCUT2D eigenvalue weighted by molar-refractivity contribution is 5.95. The molecule has 7 heteroatoms. The number of nitrogens with zero attached hydrogens (tertiary/aromatic N) is 2. The molecule has 29 heavy (non-hydrogen) atoms. The van der Waals surface area contributed by atoms with Gasteiger partial charge in [0.25, 0.3) is 5.91 Å². The van der Waals surface area contributed by atoms with Crippen LogP contribution in [0, 0.1) is 11.8 Å². The van der Waals surface area contributed by atoms with Crippen molar-refractivity contribution in [3.05, 3.63) is 29.1 Å². The number of hydrogen-bond donors (Lipinski definition) is 2. The Morgan fingerprint density at radius 3 is 2.76 bits per heavy atom. The van der Waals surface area contributed by atoms with E-state index in [9.17, 15) is 9.59 Å². The molecule has 2 bridgehead atoms. The van der Waals surface area contributed by atoms with Crippen LogP contribution in [0.15, 0.2) is 17.8 Å². The van der Waals surface area contributed by atoms with Crippen LogP contribution in [0.25, 0.3) is 0 Å². The number of hydrogen-bond acceptors (Lipinski definition) is 4. The fourth-order valence-corrected chi connectivity index (χ4v) is 5.71. The van der Waals surface area contributed by atoms with Crippen molar-refractivity contribution in [1.82, 2.24) is 20.4 Å². The number of rotatable bonds is 5. The Labute approximate surface area is 172 Å². The second kappa shape index (κ2) is 6.97. The zero-order valence-electron chi connectivity index (χ0n) is 18.0. The van der Waals surface area contributed by atoms with Crippen LogP contribution in [-0.2, 0) is 21.7 Å². The molecule has 4 rings (SSSR count). The van der Waals surface area contributed by atoms with E-state index in [-0.39, 0.29) is 28.9 Å². The topological polar surface area (TPSA) is 85.2 Å². The lowest BCUT2D eigenvalue weighted by Gasteiger charge is -2.34. The molecule has 0 saturated heterocycles. The number of nitrogens with one attached hydrogen (secondary N) is 2. The van der Waals surface area contributed by atoms with E-state index in [2.05, 4.69) is 42.6 Å². The van der Waals surface area contributed by atoms with Crippen LogP contribution in [0.2, 0.25) is 0 Å². The number of methoxy groups -OCH3 is 1. The minimum atomic E-state index is -0.231. The van der Waals surface area contributed by atoms with Gasteiger partial charge in [-0.2, -0.15) is 5.10 Å². The first-order valence-corrected chi connectivity index (χ1v) is 10.5. The third-order valence-electron chi connectivity index (χ3n) is 6.75. The maximum Gasteiger partial charge on any atom is 0.255 e. The second-order valence-electron chi connectivity index (χ2n) is 9.93. The molecule has 4 unspecified atom stereocenters. The molecule has 2 amide bonds. The summed E-state index contributed by atoms with van der Waals surface area (Å²) in [5.74, 6) is 0.788. The first-order valence-electron chi connectivity index (χ1n) is 10.5. The first kappa shape index (κ1) is 20.1. The Kier molecular flexibility index (Phi) is 4.84. The Hall–Kier alpha value is -2.15. The van der Waals surface area contributed by atoms with Crippen molar-refractivity contribution in [3.8, 4) is 0 Å². The minimum Gasteiger partial charge on any atom is -0.378 e.